The number of fused-ring (bicyclic) bond motifs is 1. The zero-order valence-corrected chi connectivity index (χ0v) is 18.4. The van der Waals surface area contributed by atoms with Gasteiger partial charge in [0.1, 0.15) is 23.7 Å². The van der Waals surface area contributed by atoms with Gasteiger partial charge < -0.3 is 20.3 Å². The highest BCUT2D eigenvalue weighted by Crippen LogP contribution is 2.39. The van der Waals surface area contributed by atoms with Crippen LogP contribution in [0.5, 0.6) is 5.75 Å². The van der Waals surface area contributed by atoms with Crippen LogP contribution in [0.2, 0.25) is 0 Å². The summed E-state index contributed by atoms with van der Waals surface area (Å²) < 4.78 is 46.8. The van der Waals surface area contributed by atoms with Crippen LogP contribution in [0, 0.1) is 5.92 Å². The van der Waals surface area contributed by atoms with Gasteiger partial charge in [0, 0.05) is 31.7 Å². The monoisotopic (exact) mass is 460 g/mol. The van der Waals surface area contributed by atoms with E-state index in [0.29, 0.717) is 24.9 Å². The molecule has 3 aromatic rings. The summed E-state index contributed by atoms with van der Waals surface area (Å²) in [4.78, 5) is 11.2. The van der Waals surface area contributed by atoms with E-state index in [0.717, 1.165) is 47.9 Å². The number of rotatable bonds is 5. The Morgan fingerprint density at radius 2 is 1.97 bits per heavy atom. The van der Waals surface area contributed by atoms with E-state index in [2.05, 4.69) is 15.6 Å². The van der Waals surface area contributed by atoms with E-state index in [4.69, 9.17) is 9.72 Å². The first-order valence-corrected chi connectivity index (χ1v) is 11.2. The van der Waals surface area contributed by atoms with Crippen molar-refractivity contribution in [2.75, 3.05) is 43.5 Å². The number of hydrogen-bond donors (Lipinski definition) is 2. The molecule has 2 saturated heterocycles. The minimum absolute atomic E-state index is 0.0786. The zero-order valence-electron chi connectivity index (χ0n) is 18.4. The van der Waals surface area contributed by atoms with Gasteiger partial charge in [0.25, 0.3) is 0 Å². The minimum Gasteiger partial charge on any atom is -0.495 e. The predicted molar refractivity (Wildman–Crippen MR) is 121 cm³/mol. The first-order valence-electron chi connectivity index (χ1n) is 11.2. The Balaban J connectivity index is 1.45. The fourth-order valence-electron chi connectivity index (χ4n) is 4.69. The Morgan fingerprint density at radius 1 is 1.15 bits per heavy atom. The second kappa shape index (κ2) is 8.74. The molecule has 0 spiro atoms. The molecule has 5 rings (SSSR count). The van der Waals surface area contributed by atoms with Gasteiger partial charge in [-0.15, -0.1) is 0 Å². The van der Waals surface area contributed by atoms with Crippen molar-refractivity contribution in [2.45, 2.75) is 31.5 Å². The molecule has 1 unspecified atom stereocenters. The van der Waals surface area contributed by atoms with Gasteiger partial charge in [-0.3, -0.25) is 4.57 Å². The van der Waals surface area contributed by atoms with Crippen molar-refractivity contribution < 1.29 is 17.9 Å². The maximum atomic E-state index is 13.1. The van der Waals surface area contributed by atoms with E-state index in [1.807, 2.05) is 39.8 Å². The molecule has 7 nitrogen and oxygen atoms in total. The second-order valence-electron chi connectivity index (χ2n) is 8.65. The van der Waals surface area contributed by atoms with Crippen molar-refractivity contribution in [2.24, 2.45) is 5.92 Å². The molecule has 1 atom stereocenters. The Bertz CT molecular complexity index is 1120. The average Bonchev–Trinajstić information content (AvgIpc) is 3.47. The Labute approximate surface area is 190 Å². The summed E-state index contributed by atoms with van der Waals surface area (Å²) in [6.07, 6.45) is -1.22. The lowest BCUT2D eigenvalue weighted by Crippen LogP contribution is -2.39. The first-order chi connectivity index (χ1) is 15.9. The first kappa shape index (κ1) is 21.8. The van der Waals surface area contributed by atoms with Crippen LogP contribution in [-0.2, 0) is 0 Å². The van der Waals surface area contributed by atoms with Crippen molar-refractivity contribution in [1.82, 2.24) is 19.9 Å². The van der Waals surface area contributed by atoms with Crippen LogP contribution in [0.1, 0.15) is 19.3 Å². The lowest BCUT2D eigenvalue weighted by atomic mass is 9.96. The number of ether oxygens (including phenoxy) is 1. The molecule has 10 heteroatoms. The molecule has 2 aromatic heterocycles. The summed E-state index contributed by atoms with van der Waals surface area (Å²) in [6.45, 7) is 2.56. The average molecular weight is 461 g/mol. The number of nitrogens with one attached hydrogen (secondary N) is 2. The standard InChI is InChI=1S/C23H27F3N6O/c1-33-20-11-17-18(12-19(20)31-9-6-15(7-10-31)23(24,25)26)32(14-28-17)22-4-2-3-21(30-22)29-16-5-8-27-13-16/h2-4,11-12,14-16,27H,5-10,13H2,1H3,(H,29,30). The summed E-state index contributed by atoms with van der Waals surface area (Å²) in [6, 6.07) is 9.94. The minimum atomic E-state index is -4.14. The number of alkyl halides is 3. The number of halogens is 3. The largest absolute Gasteiger partial charge is 0.495 e. The Kier molecular flexibility index (Phi) is 5.77. The van der Waals surface area contributed by atoms with Crippen LogP contribution in [0.4, 0.5) is 24.7 Å². The van der Waals surface area contributed by atoms with Gasteiger partial charge in [-0.05, 0) is 44.0 Å². The normalized spacial score (nSPS) is 19.9. The van der Waals surface area contributed by atoms with Crippen LogP contribution < -0.4 is 20.3 Å². The third-order valence-electron chi connectivity index (χ3n) is 6.54. The summed E-state index contributed by atoms with van der Waals surface area (Å²) in [5.74, 6) is 0.880. The summed E-state index contributed by atoms with van der Waals surface area (Å²) in [5, 5.41) is 6.79. The van der Waals surface area contributed by atoms with Gasteiger partial charge in [0.2, 0.25) is 0 Å². The van der Waals surface area contributed by atoms with E-state index in [1.54, 1.807) is 13.4 Å². The second-order valence-corrected chi connectivity index (χ2v) is 8.65. The van der Waals surface area contributed by atoms with Gasteiger partial charge in [0.15, 0.2) is 0 Å². The number of imidazole rings is 1. The van der Waals surface area contributed by atoms with Crippen LogP contribution in [0.25, 0.3) is 16.9 Å². The van der Waals surface area contributed by atoms with Gasteiger partial charge in [-0.25, -0.2) is 9.97 Å². The fraction of sp³-hybridized carbons (Fsp3) is 0.478. The van der Waals surface area contributed by atoms with E-state index in [-0.39, 0.29) is 12.8 Å². The van der Waals surface area contributed by atoms with Gasteiger partial charge >= 0.3 is 6.18 Å². The number of hydrogen-bond acceptors (Lipinski definition) is 6. The molecule has 0 radical (unpaired) electrons. The lowest BCUT2D eigenvalue weighted by molar-refractivity contribution is -0.179. The van der Waals surface area contributed by atoms with Crippen LogP contribution in [0.3, 0.4) is 0 Å². The molecule has 2 aliphatic rings. The topological polar surface area (TPSA) is 67.2 Å². The Morgan fingerprint density at radius 3 is 2.67 bits per heavy atom. The smallest absolute Gasteiger partial charge is 0.391 e. The van der Waals surface area contributed by atoms with Crippen LogP contribution in [-0.4, -0.2) is 60.0 Å². The number of piperidine rings is 1. The van der Waals surface area contributed by atoms with Crippen LogP contribution >= 0.6 is 0 Å². The van der Waals surface area contributed by atoms with Crippen molar-refractivity contribution in [3.63, 3.8) is 0 Å². The maximum Gasteiger partial charge on any atom is 0.391 e. The molecule has 33 heavy (non-hydrogen) atoms. The molecule has 4 heterocycles. The molecular weight excluding hydrogens is 433 g/mol. The van der Waals surface area contributed by atoms with E-state index in [1.165, 1.54) is 0 Å². The molecule has 176 valence electrons. The molecule has 0 aliphatic carbocycles. The highest BCUT2D eigenvalue weighted by Gasteiger charge is 2.41. The molecule has 2 aliphatic heterocycles. The van der Waals surface area contributed by atoms with Crippen molar-refractivity contribution in [1.29, 1.82) is 0 Å². The van der Waals surface area contributed by atoms with E-state index < -0.39 is 12.1 Å². The number of nitrogens with zero attached hydrogens (tertiary/aromatic N) is 4. The van der Waals surface area contributed by atoms with Gasteiger partial charge in [-0.2, -0.15) is 13.2 Å². The molecular formula is C23H27F3N6O. The fourth-order valence-corrected chi connectivity index (χ4v) is 4.69. The predicted octanol–water partition coefficient (Wildman–Crippen LogP) is 3.98. The third kappa shape index (κ3) is 4.44. The quantitative estimate of drug-likeness (QED) is 0.601. The van der Waals surface area contributed by atoms with Crippen molar-refractivity contribution in [3.8, 4) is 11.6 Å². The molecule has 1 aromatic carbocycles. The zero-order chi connectivity index (χ0) is 23.0. The molecule has 0 bridgehead atoms. The van der Waals surface area contributed by atoms with E-state index >= 15 is 0 Å². The van der Waals surface area contributed by atoms with Crippen LogP contribution in [0.15, 0.2) is 36.7 Å². The Hall–Kier alpha value is -3.01. The number of anilines is 2. The molecule has 0 saturated carbocycles. The third-order valence-corrected chi connectivity index (χ3v) is 6.54. The summed E-state index contributed by atoms with van der Waals surface area (Å²) in [7, 11) is 1.57. The molecule has 2 fully saturated rings. The highest BCUT2D eigenvalue weighted by atomic mass is 19.4. The molecule has 2 N–H and O–H groups in total. The lowest BCUT2D eigenvalue weighted by Gasteiger charge is -2.35. The van der Waals surface area contributed by atoms with Crippen molar-refractivity contribution in [3.05, 3.63) is 36.7 Å². The van der Waals surface area contributed by atoms with E-state index in [9.17, 15) is 13.2 Å². The number of pyridine rings is 1. The van der Waals surface area contributed by atoms with Gasteiger partial charge in [0.05, 0.1) is 29.7 Å². The number of methoxy groups -OCH3 is 1. The SMILES string of the molecule is COc1cc2ncn(-c3cccc(NC4CCNC4)n3)c2cc1N1CCC(C(F)(F)F)CC1. The maximum absolute atomic E-state index is 13.1. The summed E-state index contributed by atoms with van der Waals surface area (Å²) in [5.41, 5.74) is 2.34. The number of aromatic nitrogens is 3. The number of benzene rings is 1. The highest BCUT2D eigenvalue weighted by molar-refractivity contribution is 5.85. The van der Waals surface area contributed by atoms with Gasteiger partial charge in [-0.1, -0.05) is 6.07 Å². The molecule has 0 amide bonds. The summed E-state index contributed by atoms with van der Waals surface area (Å²) >= 11 is 0. The van der Waals surface area contributed by atoms with Crippen molar-refractivity contribution >= 4 is 22.5 Å².